The average molecular weight is 574 g/mol. The number of carbonyl (C=O) groups excluding carboxylic acids is 2. The lowest BCUT2D eigenvalue weighted by molar-refractivity contribution is -0.117. The van der Waals surface area contributed by atoms with Crippen LogP contribution < -0.4 is 20.3 Å². The number of carbonyl (C=O) groups is 2. The second-order valence-electron chi connectivity index (χ2n) is 10.2. The number of likely N-dealkylation sites (N-methyl/N-ethyl adjacent to an activating group) is 1. The van der Waals surface area contributed by atoms with Crippen LogP contribution in [0.15, 0.2) is 84.9 Å². The van der Waals surface area contributed by atoms with Crippen molar-refractivity contribution in [1.82, 2.24) is 5.32 Å². The maximum absolute atomic E-state index is 13.3. The zero-order valence-corrected chi connectivity index (χ0v) is 25.4. The number of aryl methyl sites for hydroxylation is 1. The van der Waals surface area contributed by atoms with Crippen molar-refractivity contribution in [2.45, 2.75) is 39.7 Å². The summed E-state index contributed by atoms with van der Waals surface area (Å²) in [6.07, 6.45) is 0.108. The van der Waals surface area contributed by atoms with Gasteiger partial charge < -0.3 is 24.4 Å². The lowest BCUT2D eigenvalue weighted by Gasteiger charge is -2.31. The molecule has 2 N–H and O–H groups in total. The lowest BCUT2D eigenvalue weighted by Crippen LogP contribution is -2.33. The summed E-state index contributed by atoms with van der Waals surface area (Å²) in [7, 11) is 1.69. The number of nitrogens with zero attached hydrogens (tertiary/aromatic N) is 1. The fourth-order valence-corrected chi connectivity index (χ4v) is 4.50. The van der Waals surface area contributed by atoms with Crippen molar-refractivity contribution in [2.75, 3.05) is 50.2 Å². The molecule has 3 aromatic rings. The van der Waals surface area contributed by atoms with Crippen LogP contribution in [-0.2, 0) is 19.9 Å². The monoisotopic (exact) mass is 573 g/mol. The van der Waals surface area contributed by atoms with Crippen molar-refractivity contribution in [3.8, 4) is 5.75 Å². The zero-order valence-electron chi connectivity index (χ0n) is 25.4. The maximum Gasteiger partial charge on any atom is 0.412 e. The molecule has 8 nitrogen and oxygen atoms in total. The summed E-state index contributed by atoms with van der Waals surface area (Å²) >= 11 is 0. The minimum absolute atomic E-state index is 0.156. The smallest absolute Gasteiger partial charge is 0.412 e. The van der Waals surface area contributed by atoms with Gasteiger partial charge >= 0.3 is 6.09 Å². The van der Waals surface area contributed by atoms with Crippen LogP contribution in [0.1, 0.15) is 43.9 Å². The highest BCUT2D eigenvalue weighted by molar-refractivity contribution is 5.92. The highest BCUT2D eigenvalue weighted by Crippen LogP contribution is 2.35. The Morgan fingerprint density at radius 2 is 1.67 bits per heavy atom. The molecule has 0 fully saturated rings. The van der Waals surface area contributed by atoms with Gasteiger partial charge in [-0.15, -0.1) is 0 Å². The molecule has 42 heavy (non-hydrogen) atoms. The van der Waals surface area contributed by atoms with E-state index >= 15 is 0 Å². The van der Waals surface area contributed by atoms with Crippen molar-refractivity contribution < 1.29 is 23.8 Å². The van der Waals surface area contributed by atoms with E-state index in [0.29, 0.717) is 43.2 Å². The predicted octanol–water partition coefficient (Wildman–Crippen LogP) is 6.44. The molecular formula is C34H43N3O5. The number of hydrogen-bond acceptors (Lipinski definition) is 6. The van der Waals surface area contributed by atoms with Crippen LogP contribution in [0.4, 0.5) is 16.2 Å². The normalized spacial score (nSPS) is 12.1. The van der Waals surface area contributed by atoms with Gasteiger partial charge in [0.1, 0.15) is 5.75 Å². The minimum atomic E-state index is -1.05. The predicted molar refractivity (Wildman–Crippen MR) is 168 cm³/mol. The molecule has 0 aliphatic heterocycles. The molecule has 224 valence electrons. The third-order valence-corrected chi connectivity index (χ3v) is 7.05. The van der Waals surface area contributed by atoms with Gasteiger partial charge in [0, 0.05) is 49.3 Å². The summed E-state index contributed by atoms with van der Waals surface area (Å²) in [5.41, 5.74) is 3.75. The van der Waals surface area contributed by atoms with E-state index in [4.69, 9.17) is 14.2 Å². The Morgan fingerprint density at radius 3 is 2.29 bits per heavy atom. The number of benzene rings is 3. The van der Waals surface area contributed by atoms with E-state index in [9.17, 15) is 9.59 Å². The first-order chi connectivity index (χ1) is 20.2. The third kappa shape index (κ3) is 8.85. The van der Waals surface area contributed by atoms with Gasteiger partial charge in [0.05, 0.1) is 13.2 Å². The standard InChI is InChI=1S/C34H43N3O5/c1-7-37(21-23-40-6)29-16-19-31(26(4)24-29)36-33(39)42-34(5,27-12-9-8-10-13-27)28-14-17-30(18-15-28)41-22-11-20-35-32(38)25(2)3/h8-10,12-19,24H,2,7,11,20-23H2,1,3-6H3,(H,35,38)(H,36,39). The molecule has 3 rings (SSSR count). The number of amides is 2. The molecular weight excluding hydrogens is 530 g/mol. The largest absolute Gasteiger partial charge is 0.494 e. The molecule has 3 aromatic carbocycles. The molecule has 0 aromatic heterocycles. The van der Waals surface area contributed by atoms with Crippen LogP contribution in [0.25, 0.3) is 0 Å². The Hall–Kier alpha value is -4.30. The Kier molecular flexibility index (Phi) is 12.0. The van der Waals surface area contributed by atoms with E-state index in [2.05, 4.69) is 35.1 Å². The summed E-state index contributed by atoms with van der Waals surface area (Å²) in [5.74, 6) is 0.532. The molecule has 2 amide bonds. The first-order valence-electron chi connectivity index (χ1n) is 14.2. The number of anilines is 2. The van der Waals surface area contributed by atoms with Gasteiger partial charge in [0.15, 0.2) is 5.60 Å². The quantitative estimate of drug-likeness (QED) is 0.161. The van der Waals surface area contributed by atoms with Crippen LogP contribution in [0.5, 0.6) is 5.75 Å². The molecule has 0 spiro atoms. The fourth-order valence-electron chi connectivity index (χ4n) is 4.50. The Labute approximate surface area is 249 Å². The van der Waals surface area contributed by atoms with Crippen LogP contribution in [-0.4, -0.2) is 52.0 Å². The number of hydrogen-bond donors (Lipinski definition) is 2. The van der Waals surface area contributed by atoms with E-state index in [-0.39, 0.29) is 5.91 Å². The molecule has 0 bridgehead atoms. The average Bonchev–Trinajstić information content (AvgIpc) is 2.99. The molecule has 0 aliphatic carbocycles. The van der Waals surface area contributed by atoms with E-state index in [0.717, 1.165) is 35.5 Å². The van der Waals surface area contributed by atoms with Gasteiger partial charge in [-0.25, -0.2) is 4.79 Å². The van der Waals surface area contributed by atoms with Gasteiger partial charge in [0.2, 0.25) is 5.91 Å². The van der Waals surface area contributed by atoms with Crippen LogP contribution in [0, 0.1) is 6.92 Å². The first-order valence-corrected chi connectivity index (χ1v) is 14.2. The summed E-state index contributed by atoms with van der Waals surface area (Å²) in [5, 5.41) is 5.73. The van der Waals surface area contributed by atoms with Crippen LogP contribution >= 0.6 is 0 Å². The summed E-state index contributed by atoms with van der Waals surface area (Å²) in [6.45, 7) is 14.5. The molecule has 8 heteroatoms. The molecule has 1 atom stereocenters. The van der Waals surface area contributed by atoms with E-state index < -0.39 is 11.7 Å². The summed E-state index contributed by atoms with van der Waals surface area (Å²) < 4.78 is 17.2. The summed E-state index contributed by atoms with van der Waals surface area (Å²) in [6, 6.07) is 23.1. The second-order valence-corrected chi connectivity index (χ2v) is 10.2. The SMILES string of the molecule is C=C(C)C(=O)NCCCOc1ccc(C(C)(OC(=O)Nc2ccc(N(CC)CCOC)cc2C)c2ccccc2)cc1. The number of rotatable bonds is 15. The fraction of sp³-hybridized carbons (Fsp3) is 0.353. The number of ether oxygens (including phenoxy) is 3. The third-order valence-electron chi connectivity index (χ3n) is 7.05. The van der Waals surface area contributed by atoms with Crippen LogP contribution in [0.2, 0.25) is 0 Å². The lowest BCUT2D eigenvalue weighted by atomic mass is 9.88. The van der Waals surface area contributed by atoms with Gasteiger partial charge in [-0.05, 0) is 75.6 Å². The molecule has 0 saturated heterocycles. The van der Waals surface area contributed by atoms with E-state index in [1.807, 2.05) is 80.6 Å². The molecule has 0 aliphatic rings. The number of methoxy groups -OCH3 is 1. The Bertz CT molecular complexity index is 1330. The van der Waals surface area contributed by atoms with Gasteiger partial charge in [-0.2, -0.15) is 0 Å². The maximum atomic E-state index is 13.3. The van der Waals surface area contributed by atoms with Crippen molar-refractivity contribution in [2.24, 2.45) is 0 Å². The first kappa shape index (κ1) is 32.2. The molecule has 0 saturated carbocycles. The summed E-state index contributed by atoms with van der Waals surface area (Å²) in [4.78, 5) is 27.1. The topological polar surface area (TPSA) is 89.1 Å². The minimum Gasteiger partial charge on any atom is -0.494 e. The second kappa shape index (κ2) is 15.6. The number of nitrogens with one attached hydrogen (secondary N) is 2. The molecule has 1 unspecified atom stereocenters. The van der Waals surface area contributed by atoms with Gasteiger partial charge in [-0.1, -0.05) is 49.0 Å². The van der Waals surface area contributed by atoms with Crippen molar-refractivity contribution in [3.05, 3.63) is 102 Å². The Morgan fingerprint density at radius 1 is 0.976 bits per heavy atom. The van der Waals surface area contributed by atoms with Gasteiger partial charge in [0.25, 0.3) is 0 Å². The van der Waals surface area contributed by atoms with E-state index in [1.54, 1.807) is 14.0 Å². The van der Waals surface area contributed by atoms with Gasteiger partial charge in [-0.3, -0.25) is 10.1 Å². The van der Waals surface area contributed by atoms with Crippen molar-refractivity contribution in [3.63, 3.8) is 0 Å². The highest BCUT2D eigenvalue weighted by Gasteiger charge is 2.33. The molecule has 0 heterocycles. The highest BCUT2D eigenvalue weighted by atomic mass is 16.6. The van der Waals surface area contributed by atoms with Crippen molar-refractivity contribution in [1.29, 1.82) is 0 Å². The Balaban J connectivity index is 1.70. The van der Waals surface area contributed by atoms with Crippen LogP contribution in [0.3, 0.4) is 0 Å². The molecule has 0 radical (unpaired) electrons. The zero-order chi connectivity index (χ0) is 30.5. The van der Waals surface area contributed by atoms with E-state index in [1.165, 1.54) is 0 Å². The van der Waals surface area contributed by atoms with Crippen molar-refractivity contribution >= 4 is 23.4 Å².